The SMILES string of the molecule is CC(CCO)N(Cc1ccccc1)Cc1ccnc(Cl)c1. The van der Waals surface area contributed by atoms with Crippen molar-refractivity contribution in [2.24, 2.45) is 0 Å². The van der Waals surface area contributed by atoms with Gasteiger partial charge in [-0.25, -0.2) is 4.98 Å². The molecule has 0 saturated heterocycles. The highest BCUT2D eigenvalue weighted by Crippen LogP contribution is 2.16. The Bertz CT molecular complexity index is 547. The molecule has 0 saturated carbocycles. The van der Waals surface area contributed by atoms with Crippen LogP contribution in [0.15, 0.2) is 48.7 Å². The first kappa shape index (κ1) is 16.0. The Morgan fingerprint density at radius 2 is 1.86 bits per heavy atom. The quantitative estimate of drug-likeness (QED) is 0.795. The first-order chi connectivity index (χ1) is 10.2. The molecule has 0 aliphatic heterocycles. The van der Waals surface area contributed by atoms with Crippen LogP contribution in [0.25, 0.3) is 0 Å². The molecule has 0 spiro atoms. The zero-order chi connectivity index (χ0) is 15.1. The number of aliphatic hydroxyl groups excluding tert-OH is 1. The van der Waals surface area contributed by atoms with E-state index in [1.165, 1.54) is 5.56 Å². The van der Waals surface area contributed by atoms with Crippen LogP contribution >= 0.6 is 11.6 Å². The lowest BCUT2D eigenvalue weighted by Crippen LogP contribution is -2.32. The lowest BCUT2D eigenvalue weighted by Gasteiger charge is -2.29. The van der Waals surface area contributed by atoms with E-state index >= 15 is 0 Å². The van der Waals surface area contributed by atoms with Crippen LogP contribution in [0.3, 0.4) is 0 Å². The standard InChI is InChI=1S/C17H21ClN2O/c1-14(8-10-21)20(12-15-5-3-2-4-6-15)13-16-7-9-19-17(18)11-16/h2-7,9,11,14,21H,8,10,12-13H2,1H3. The Balaban J connectivity index is 2.12. The monoisotopic (exact) mass is 304 g/mol. The molecule has 1 heterocycles. The number of rotatable bonds is 7. The molecule has 2 rings (SSSR count). The lowest BCUT2D eigenvalue weighted by atomic mass is 10.1. The molecule has 0 aliphatic carbocycles. The molecule has 1 unspecified atom stereocenters. The van der Waals surface area contributed by atoms with E-state index in [1.807, 2.05) is 30.3 Å². The molecular formula is C17H21ClN2O. The third kappa shape index (κ3) is 5.12. The van der Waals surface area contributed by atoms with E-state index in [0.717, 1.165) is 25.1 Å². The number of benzene rings is 1. The highest BCUT2D eigenvalue weighted by Gasteiger charge is 2.14. The number of aromatic nitrogens is 1. The minimum absolute atomic E-state index is 0.198. The first-order valence-electron chi connectivity index (χ1n) is 7.18. The fraction of sp³-hybridized carbons (Fsp3) is 0.353. The molecule has 1 atom stereocenters. The van der Waals surface area contributed by atoms with E-state index in [4.69, 9.17) is 11.6 Å². The van der Waals surface area contributed by atoms with Gasteiger partial charge in [-0.2, -0.15) is 0 Å². The van der Waals surface area contributed by atoms with Gasteiger partial charge in [0.25, 0.3) is 0 Å². The van der Waals surface area contributed by atoms with Crippen molar-refractivity contribution in [3.05, 3.63) is 64.9 Å². The number of aliphatic hydroxyl groups is 1. The normalized spacial score (nSPS) is 12.6. The number of hydrogen-bond donors (Lipinski definition) is 1. The lowest BCUT2D eigenvalue weighted by molar-refractivity contribution is 0.153. The van der Waals surface area contributed by atoms with Gasteiger partial charge in [-0.05, 0) is 36.6 Å². The molecule has 3 nitrogen and oxygen atoms in total. The summed E-state index contributed by atoms with van der Waals surface area (Å²) in [6.07, 6.45) is 2.49. The molecular weight excluding hydrogens is 284 g/mol. The van der Waals surface area contributed by atoms with Crippen molar-refractivity contribution in [2.45, 2.75) is 32.5 Å². The Morgan fingerprint density at radius 3 is 2.52 bits per heavy atom. The van der Waals surface area contributed by atoms with Gasteiger partial charge in [0, 0.05) is 31.9 Å². The van der Waals surface area contributed by atoms with Gasteiger partial charge in [0.2, 0.25) is 0 Å². The molecule has 112 valence electrons. The van der Waals surface area contributed by atoms with Gasteiger partial charge in [-0.15, -0.1) is 0 Å². The summed E-state index contributed by atoms with van der Waals surface area (Å²) in [5.41, 5.74) is 2.40. The van der Waals surface area contributed by atoms with E-state index in [-0.39, 0.29) is 6.61 Å². The van der Waals surface area contributed by atoms with E-state index in [1.54, 1.807) is 6.20 Å². The van der Waals surface area contributed by atoms with E-state index in [9.17, 15) is 5.11 Å². The van der Waals surface area contributed by atoms with Gasteiger partial charge in [0.05, 0.1) is 0 Å². The second-order valence-electron chi connectivity index (χ2n) is 5.24. The Morgan fingerprint density at radius 1 is 1.14 bits per heavy atom. The van der Waals surface area contributed by atoms with Gasteiger partial charge in [0.15, 0.2) is 0 Å². The van der Waals surface area contributed by atoms with Gasteiger partial charge in [-0.1, -0.05) is 41.9 Å². The van der Waals surface area contributed by atoms with Crippen molar-refractivity contribution in [2.75, 3.05) is 6.61 Å². The maximum absolute atomic E-state index is 9.20. The van der Waals surface area contributed by atoms with E-state index < -0.39 is 0 Å². The third-order valence-electron chi connectivity index (χ3n) is 3.58. The van der Waals surface area contributed by atoms with Crippen molar-refractivity contribution in [1.82, 2.24) is 9.88 Å². The van der Waals surface area contributed by atoms with Gasteiger partial charge >= 0.3 is 0 Å². The van der Waals surface area contributed by atoms with Crippen LogP contribution in [0.5, 0.6) is 0 Å². The Labute approximate surface area is 131 Å². The summed E-state index contributed by atoms with van der Waals surface area (Å²) in [7, 11) is 0. The summed E-state index contributed by atoms with van der Waals surface area (Å²) in [5, 5.41) is 9.72. The average Bonchev–Trinajstić information content (AvgIpc) is 2.48. The summed E-state index contributed by atoms with van der Waals surface area (Å²) in [5.74, 6) is 0. The predicted octanol–water partition coefficient (Wildman–Crippen LogP) is 3.51. The van der Waals surface area contributed by atoms with Crippen LogP contribution in [0.4, 0.5) is 0 Å². The molecule has 1 aromatic carbocycles. The number of pyridine rings is 1. The second-order valence-corrected chi connectivity index (χ2v) is 5.63. The second kappa shape index (κ2) is 8.13. The maximum atomic E-state index is 9.20. The fourth-order valence-corrected chi connectivity index (χ4v) is 2.53. The molecule has 1 N–H and O–H groups in total. The highest BCUT2D eigenvalue weighted by atomic mass is 35.5. The van der Waals surface area contributed by atoms with Crippen molar-refractivity contribution < 1.29 is 5.11 Å². The summed E-state index contributed by atoms with van der Waals surface area (Å²) >= 11 is 5.96. The average molecular weight is 305 g/mol. The summed E-state index contributed by atoms with van der Waals surface area (Å²) < 4.78 is 0. The molecule has 0 bridgehead atoms. The van der Waals surface area contributed by atoms with Crippen molar-refractivity contribution in [3.63, 3.8) is 0 Å². The minimum Gasteiger partial charge on any atom is -0.396 e. The van der Waals surface area contributed by atoms with Crippen molar-refractivity contribution in [3.8, 4) is 0 Å². The molecule has 1 aromatic heterocycles. The fourth-order valence-electron chi connectivity index (χ4n) is 2.33. The first-order valence-corrected chi connectivity index (χ1v) is 7.56. The summed E-state index contributed by atoms with van der Waals surface area (Å²) in [6, 6.07) is 14.5. The molecule has 4 heteroatoms. The van der Waals surface area contributed by atoms with Crippen LogP contribution in [-0.2, 0) is 13.1 Å². The van der Waals surface area contributed by atoms with Crippen LogP contribution in [0, 0.1) is 0 Å². The minimum atomic E-state index is 0.198. The van der Waals surface area contributed by atoms with Crippen molar-refractivity contribution >= 4 is 11.6 Å². The topological polar surface area (TPSA) is 36.4 Å². The Kier molecular flexibility index (Phi) is 6.18. The predicted molar refractivity (Wildman–Crippen MR) is 86.1 cm³/mol. The smallest absolute Gasteiger partial charge is 0.129 e. The zero-order valence-corrected chi connectivity index (χ0v) is 13.0. The summed E-state index contributed by atoms with van der Waals surface area (Å²) in [6.45, 7) is 3.98. The van der Waals surface area contributed by atoms with Crippen LogP contribution < -0.4 is 0 Å². The maximum Gasteiger partial charge on any atom is 0.129 e. The molecule has 0 aliphatic rings. The molecule has 0 amide bonds. The number of hydrogen-bond acceptors (Lipinski definition) is 3. The zero-order valence-electron chi connectivity index (χ0n) is 12.2. The Hall–Kier alpha value is -1.42. The van der Waals surface area contributed by atoms with Gasteiger partial charge in [-0.3, -0.25) is 4.90 Å². The molecule has 0 fully saturated rings. The number of nitrogens with zero attached hydrogens (tertiary/aromatic N) is 2. The van der Waals surface area contributed by atoms with Crippen LogP contribution in [0.2, 0.25) is 5.15 Å². The third-order valence-corrected chi connectivity index (χ3v) is 3.78. The van der Waals surface area contributed by atoms with Crippen molar-refractivity contribution in [1.29, 1.82) is 0 Å². The summed E-state index contributed by atoms with van der Waals surface area (Å²) in [4.78, 5) is 6.36. The highest BCUT2D eigenvalue weighted by molar-refractivity contribution is 6.29. The molecule has 21 heavy (non-hydrogen) atoms. The molecule has 0 radical (unpaired) electrons. The van der Waals surface area contributed by atoms with Gasteiger partial charge in [0.1, 0.15) is 5.15 Å². The molecule has 2 aromatic rings. The largest absolute Gasteiger partial charge is 0.396 e. The van der Waals surface area contributed by atoms with Crippen LogP contribution in [-0.4, -0.2) is 27.6 Å². The van der Waals surface area contributed by atoms with E-state index in [0.29, 0.717) is 11.2 Å². The van der Waals surface area contributed by atoms with E-state index in [2.05, 4.69) is 28.9 Å². The van der Waals surface area contributed by atoms with Gasteiger partial charge < -0.3 is 5.11 Å². The van der Waals surface area contributed by atoms with Crippen LogP contribution in [0.1, 0.15) is 24.5 Å². The number of halogens is 1.